The van der Waals surface area contributed by atoms with Crippen molar-refractivity contribution in [1.29, 1.82) is 0 Å². The summed E-state index contributed by atoms with van der Waals surface area (Å²) >= 11 is 0. The topological polar surface area (TPSA) is 15.3 Å². The van der Waals surface area contributed by atoms with E-state index in [4.69, 9.17) is 0 Å². The summed E-state index contributed by atoms with van der Waals surface area (Å²) in [5.74, 6) is 0. The fourth-order valence-electron chi connectivity index (χ4n) is 1.10. The molecular weight excluding hydrogens is 138 g/mol. The van der Waals surface area contributed by atoms with Crippen molar-refractivity contribution in [3.8, 4) is 0 Å². The van der Waals surface area contributed by atoms with Crippen LogP contribution < -0.4 is 5.43 Å². The highest BCUT2D eigenvalue weighted by Gasteiger charge is 2.19. The summed E-state index contributed by atoms with van der Waals surface area (Å²) < 4.78 is 23.5. The van der Waals surface area contributed by atoms with Crippen molar-refractivity contribution in [2.45, 2.75) is 25.8 Å². The van der Waals surface area contributed by atoms with E-state index in [0.717, 1.165) is 13.0 Å². The van der Waals surface area contributed by atoms with E-state index in [1.807, 2.05) is 6.92 Å². The largest absolute Gasteiger partial charge is 0.252 e. The molecule has 0 aromatic rings. The fraction of sp³-hybridized carbons (Fsp3) is 1.00. The van der Waals surface area contributed by atoms with E-state index in [-0.39, 0.29) is 6.54 Å². The monoisotopic (exact) mass is 150 g/mol. The molecule has 0 radical (unpaired) electrons. The second kappa shape index (κ2) is 3.25. The third-order valence-electron chi connectivity index (χ3n) is 1.59. The van der Waals surface area contributed by atoms with Crippen LogP contribution in [-0.2, 0) is 0 Å². The molecule has 60 valence electrons. The first-order valence-corrected chi connectivity index (χ1v) is 3.48. The number of hydrogen-bond acceptors (Lipinski definition) is 2. The average molecular weight is 150 g/mol. The molecule has 0 spiro atoms. The number of nitrogens with zero attached hydrogens (tertiary/aromatic N) is 1. The molecule has 1 saturated heterocycles. The summed E-state index contributed by atoms with van der Waals surface area (Å²) in [6, 6.07) is 0.360. The predicted octanol–water partition coefficient (Wildman–Crippen LogP) is 0.850. The van der Waals surface area contributed by atoms with Gasteiger partial charge in [0.2, 0.25) is 0 Å². The molecule has 2 nitrogen and oxygen atoms in total. The average Bonchev–Trinajstić information content (AvgIpc) is 2.13. The van der Waals surface area contributed by atoms with Gasteiger partial charge in [0.15, 0.2) is 0 Å². The number of halogens is 2. The summed E-state index contributed by atoms with van der Waals surface area (Å²) in [5.41, 5.74) is 2.94. The van der Waals surface area contributed by atoms with Gasteiger partial charge < -0.3 is 0 Å². The molecule has 1 unspecified atom stereocenters. The van der Waals surface area contributed by atoms with Gasteiger partial charge in [-0.1, -0.05) is 0 Å². The van der Waals surface area contributed by atoms with E-state index in [9.17, 15) is 8.78 Å². The zero-order valence-electron chi connectivity index (χ0n) is 5.98. The van der Waals surface area contributed by atoms with E-state index in [2.05, 4.69) is 5.43 Å². The van der Waals surface area contributed by atoms with Crippen LogP contribution in [0.1, 0.15) is 13.3 Å². The van der Waals surface area contributed by atoms with Crippen LogP contribution in [0.25, 0.3) is 0 Å². The Morgan fingerprint density at radius 3 is 2.80 bits per heavy atom. The third kappa shape index (κ3) is 2.19. The molecule has 1 aliphatic heterocycles. The Bertz CT molecular complexity index is 108. The molecule has 10 heavy (non-hydrogen) atoms. The SMILES string of the molecule is CC1CCN(CC(F)F)N1. The van der Waals surface area contributed by atoms with Gasteiger partial charge in [-0.2, -0.15) is 0 Å². The Morgan fingerprint density at radius 1 is 1.70 bits per heavy atom. The molecule has 1 atom stereocenters. The second-order valence-corrected chi connectivity index (χ2v) is 2.66. The molecule has 0 amide bonds. The third-order valence-corrected chi connectivity index (χ3v) is 1.59. The van der Waals surface area contributed by atoms with Crippen molar-refractivity contribution in [3.05, 3.63) is 0 Å². The number of rotatable bonds is 2. The van der Waals surface area contributed by atoms with Crippen molar-refractivity contribution < 1.29 is 8.78 Å². The van der Waals surface area contributed by atoms with Gasteiger partial charge in [0.1, 0.15) is 0 Å². The van der Waals surface area contributed by atoms with Gasteiger partial charge in [-0.25, -0.2) is 13.8 Å². The lowest BCUT2D eigenvalue weighted by Gasteiger charge is -2.14. The van der Waals surface area contributed by atoms with Gasteiger partial charge in [-0.15, -0.1) is 0 Å². The van der Waals surface area contributed by atoms with Gasteiger partial charge in [0.25, 0.3) is 6.43 Å². The number of hydrogen-bond donors (Lipinski definition) is 1. The maximum Gasteiger partial charge on any atom is 0.252 e. The lowest BCUT2D eigenvalue weighted by atomic mass is 10.3. The summed E-state index contributed by atoms with van der Waals surface area (Å²) in [4.78, 5) is 0. The highest BCUT2D eigenvalue weighted by Crippen LogP contribution is 2.06. The molecular formula is C6H12F2N2. The lowest BCUT2D eigenvalue weighted by molar-refractivity contribution is 0.0767. The van der Waals surface area contributed by atoms with Crippen molar-refractivity contribution in [2.24, 2.45) is 0 Å². The smallest absolute Gasteiger partial charge is 0.252 e. The van der Waals surface area contributed by atoms with Crippen LogP contribution in [0.2, 0.25) is 0 Å². The minimum atomic E-state index is -2.22. The Labute approximate surface area is 59.2 Å². The van der Waals surface area contributed by atoms with Gasteiger partial charge >= 0.3 is 0 Å². The second-order valence-electron chi connectivity index (χ2n) is 2.66. The normalized spacial score (nSPS) is 28.2. The highest BCUT2D eigenvalue weighted by atomic mass is 19.3. The lowest BCUT2D eigenvalue weighted by Crippen LogP contribution is -2.37. The minimum Gasteiger partial charge on any atom is -0.252 e. The Morgan fingerprint density at radius 2 is 2.40 bits per heavy atom. The Kier molecular flexibility index (Phi) is 2.56. The van der Waals surface area contributed by atoms with E-state index in [1.54, 1.807) is 5.01 Å². The minimum absolute atomic E-state index is 0.148. The van der Waals surface area contributed by atoms with Gasteiger partial charge in [0.05, 0.1) is 6.54 Å². The first-order valence-electron chi connectivity index (χ1n) is 3.48. The molecule has 0 saturated carbocycles. The van der Waals surface area contributed by atoms with E-state index < -0.39 is 6.43 Å². The van der Waals surface area contributed by atoms with Crippen LogP contribution >= 0.6 is 0 Å². The first kappa shape index (κ1) is 7.88. The molecule has 1 rings (SSSR count). The van der Waals surface area contributed by atoms with Gasteiger partial charge in [-0.3, -0.25) is 5.43 Å². The maximum atomic E-state index is 11.7. The summed E-state index contributed by atoms with van der Waals surface area (Å²) in [6.45, 7) is 2.58. The van der Waals surface area contributed by atoms with Crippen molar-refractivity contribution in [1.82, 2.24) is 10.4 Å². The molecule has 0 aromatic carbocycles. The molecule has 0 aliphatic carbocycles. The van der Waals surface area contributed by atoms with E-state index in [1.165, 1.54) is 0 Å². The van der Waals surface area contributed by atoms with Crippen LogP contribution in [0.15, 0.2) is 0 Å². The van der Waals surface area contributed by atoms with Crippen LogP contribution in [-0.4, -0.2) is 30.6 Å². The standard InChI is InChI=1S/C6H12F2N2/c1-5-2-3-10(9-5)4-6(7)8/h5-6,9H,2-4H2,1H3. The Hall–Kier alpha value is -0.220. The number of alkyl halides is 2. The molecule has 1 N–H and O–H groups in total. The van der Waals surface area contributed by atoms with Crippen LogP contribution in [0.3, 0.4) is 0 Å². The van der Waals surface area contributed by atoms with Crippen molar-refractivity contribution in [3.63, 3.8) is 0 Å². The quantitative estimate of drug-likeness (QED) is 0.627. The predicted molar refractivity (Wildman–Crippen MR) is 34.8 cm³/mol. The van der Waals surface area contributed by atoms with E-state index in [0.29, 0.717) is 6.04 Å². The molecule has 4 heteroatoms. The molecule has 1 fully saturated rings. The summed E-state index contributed by atoms with van der Waals surface area (Å²) in [5, 5.41) is 1.58. The van der Waals surface area contributed by atoms with Crippen LogP contribution in [0, 0.1) is 0 Å². The van der Waals surface area contributed by atoms with Crippen LogP contribution in [0.4, 0.5) is 8.78 Å². The number of nitrogens with one attached hydrogen (secondary N) is 1. The highest BCUT2D eigenvalue weighted by molar-refractivity contribution is 4.70. The zero-order valence-corrected chi connectivity index (χ0v) is 5.98. The molecule has 1 aliphatic rings. The van der Waals surface area contributed by atoms with Crippen molar-refractivity contribution in [2.75, 3.05) is 13.1 Å². The van der Waals surface area contributed by atoms with Gasteiger partial charge in [0, 0.05) is 12.6 Å². The molecule has 0 aromatic heterocycles. The summed E-state index contributed by atoms with van der Waals surface area (Å²) in [7, 11) is 0. The summed E-state index contributed by atoms with van der Waals surface area (Å²) in [6.07, 6.45) is -1.26. The van der Waals surface area contributed by atoms with E-state index >= 15 is 0 Å². The molecule has 1 heterocycles. The number of hydrazine groups is 1. The Balaban J connectivity index is 2.18. The zero-order chi connectivity index (χ0) is 7.56. The van der Waals surface area contributed by atoms with Crippen molar-refractivity contribution >= 4 is 0 Å². The first-order chi connectivity index (χ1) is 4.68. The van der Waals surface area contributed by atoms with Crippen LogP contribution in [0.5, 0.6) is 0 Å². The van der Waals surface area contributed by atoms with Gasteiger partial charge in [-0.05, 0) is 13.3 Å². The molecule has 0 bridgehead atoms. The fourth-order valence-corrected chi connectivity index (χ4v) is 1.10. The maximum absolute atomic E-state index is 11.7.